The molecule has 1 heterocycles. The molecule has 0 aliphatic heterocycles. The minimum atomic E-state index is -0.0737. The van der Waals surface area contributed by atoms with Gasteiger partial charge in [0.25, 0.3) is 0 Å². The lowest BCUT2D eigenvalue weighted by molar-refractivity contribution is -0.115. The van der Waals surface area contributed by atoms with Crippen molar-refractivity contribution in [2.24, 2.45) is 0 Å². The lowest BCUT2D eigenvalue weighted by atomic mass is 10.1. The van der Waals surface area contributed by atoms with Crippen molar-refractivity contribution < 1.29 is 4.79 Å². The van der Waals surface area contributed by atoms with E-state index in [-0.39, 0.29) is 12.3 Å². The first-order valence-corrected chi connectivity index (χ1v) is 9.98. The zero-order valence-corrected chi connectivity index (χ0v) is 16.8. The molecule has 3 nitrogen and oxygen atoms in total. The van der Waals surface area contributed by atoms with Crippen molar-refractivity contribution >= 4 is 33.4 Å². The molecule has 148 valence electrons. The number of carbonyl (C=O) groups excluding carboxylic acids is 1. The quantitative estimate of drug-likeness (QED) is 0.359. The van der Waals surface area contributed by atoms with E-state index in [1.165, 1.54) is 16.5 Å². The monoisotopic (exact) mass is 392 g/mol. The van der Waals surface area contributed by atoms with Crippen LogP contribution < -0.4 is 5.32 Å². The molecule has 0 bridgehead atoms. The van der Waals surface area contributed by atoms with Gasteiger partial charge in [0, 0.05) is 34.0 Å². The molecule has 0 aliphatic carbocycles. The van der Waals surface area contributed by atoms with Gasteiger partial charge in [0.05, 0.1) is 6.42 Å². The Morgan fingerprint density at radius 2 is 1.63 bits per heavy atom. The molecule has 0 atom stereocenters. The first-order chi connectivity index (χ1) is 14.7. The predicted octanol–water partition coefficient (Wildman–Crippen LogP) is 6.47. The second-order valence-electron chi connectivity index (χ2n) is 7.23. The van der Waals surface area contributed by atoms with E-state index in [4.69, 9.17) is 0 Å². The average Bonchev–Trinajstić information content (AvgIpc) is 3.07. The summed E-state index contributed by atoms with van der Waals surface area (Å²) in [6.07, 6.45) is 5.41. The molecular weight excluding hydrogens is 368 g/mol. The Balaban J connectivity index is 1.70. The number of carbonyl (C=O) groups is 1. The van der Waals surface area contributed by atoms with Gasteiger partial charge in [0.15, 0.2) is 0 Å². The first kappa shape index (κ1) is 19.5. The van der Waals surface area contributed by atoms with Crippen LogP contribution in [0.1, 0.15) is 12.0 Å². The second kappa shape index (κ2) is 8.66. The molecule has 4 aromatic rings. The molecule has 30 heavy (non-hydrogen) atoms. The number of anilines is 1. The van der Waals surface area contributed by atoms with E-state index in [0.29, 0.717) is 0 Å². The highest BCUT2D eigenvalue weighted by atomic mass is 16.1. The summed E-state index contributed by atoms with van der Waals surface area (Å²) in [5.41, 5.74) is 5.21. The fourth-order valence-corrected chi connectivity index (χ4v) is 3.81. The summed E-state index contributed by atoms with van der Waals surface area (Å²) in [5, 5.41) is 5.32. The summed E-state index contributed by atoms with van der Waals surface area (Å²) < 4.78 is 2.33. The average molecular weight is 393 g/mol. The highest BCUT2D eigenvalue weighted by molar-refractivity contribution is 6.10. The van der Waals surface area contributed by atoms with Crippen molar-refractivity contribution in [2.45, 2.75) is 13.0 Å². The van der Waals surface area contributed by atoms with Crippen LogP contribution >= 0.6 is 0 Å². The van der Waals surface area contributed by atoms with E-state index in [1.54, 1.807) is 18.2 Å². The first-order valence-electron chi connectivity index (χ1n) is 9.98. The number of amides is 1. The summed E-state index contributed by atoms with van der Waals surface area (Å²) in [6.45, 7) is 8.23. The fraction of sp³-hybridized carbons (Fsp3) is 0.0741. The summed E-state index contributed by atoms with van der Waals surface area (Å²) in [7, 11) is 0. The molecule has 0 radical (unpaired) electrons. The van der Waals surface area contributed by atoms with Crippen molar-refractivity contribution in [3.05, 3.63) is 115 Å². The predicted molar refractivity (Wildman–Crippen MR) is 127 cm³/mol. The highest BCUT2D eigenvalue weighted by Crippen LogP contribution is 2.31. The van der Waals surface area contributed by atoms with E-state index in [1.807, 2.05) is 12.1 Å². The van der Waals surface area contributed by atoms with Crippen LogP contribution in [0.4, 0.5) is 5.69 Å². The number of allylic oxidation sites excluding steroid dienone is 3. The lowest BCUT2D eigenvalue weighted by Crippen LogP contribution is -2.11. The van der Waals surface area contributed by atoms with Crippen LogP contribution in [0.5, 0.6) is 0 Å². The number of nitrogens with zero attached hydrogens (tertiary/aromatic N) is 1. The maximum atomic E-state index is 12.5. The Bertz CT molecular complexity index is 1260. The third-order valence-corrected chi connectivity index (χ3v) is 5.20. The Hall–Kier alpha value is -3.85. The van der Waals surface area contributed by atoms with Gasteiger partial charge in [-0.3, -0.25) is 4.79 Å². The van der Waals surface area contributed by atoms with E-state index in [9.17, 15) is 4.79 Å². The van der Waals surface area contributed by atoms with Crippen molar-refractivity contribution in [1.82, 2.24) is 4.57 Å². The summed E-state index contributed by atoms with van der Waals surface area (Å²) >= 11 is 0. The molecule has 0 saturated carbocycles. The Kier molecular flexibility index (Phi) is 5.62. The van der Waals surface area contributed by atoms with Crippen molar-refractivity contribution in [3.8, 4) is 0 Å². The number of para-hydroxylation sites is 1. The van der Waals surface area contributed by atoms with E-state index in [0.717, 1.165) is 28.7 Å². The minimum Gasteiger partial charge on any atom is -0.336 e. The standard InChI is InChI=1S/C27H24N2O/c1-3-10-20(4-2)17-27(30)28-22-15-16-26-24(18-22)23-13-8-9-14-25(23)29(26)19-21-11-6-5-7-12-21/h3-16,18H,1-2,17,19H2,(H,28,30)/b20-10+. The molecule has 4 rings (SSSR count). The van der Waals surface area contributed by atoms with Gasteiger partial charge in [-0.15, -0.1) is 0 Å². The minimum absolute atomic E-state index is 0.0737. The molecule has 0 fully saturated rings. The van der Waals surface area contributed by atoms with E-state index < -0.39 is 0 Å². The number of hydrogen-bond acceptors (Lipinski definition) is 1. The van der Waals surface area contributed by atoms with E-state index in [2.05, 4.69) is 83.7 Å². The number of hydrogen-bond donors (Lipinski definition) is 1. The molecule has 3 aromatic carbocycles. The SMILES string of the molecule is C=C/C=C(\C=C)CC(=O)Nc1ccc2c(c1)c1ccccc1n2Cc1ccccc1. The number of aromatic nitrogens is 1. The number of benzene rings is 3. The normalized spacial score (nSPS) is 11.5. The van der Waals surface area contributed by atoms with Gasteiger partial charge in [0.1, 0.15) is 0 Å². The summed E-state index contributed by atoms with van der Waals surface area (Å²) in [6, 6.07) is 24.9. The Morgan fingerprint density at radius 3 is 2.40 bits per heavy atom. The summed E-state index contributed by atoms with van der Waals surface area (Å²) in [4.78, 5) is 12.5. The maximum Gasteiger partial charge on any atom is 0.228 e. The molecule has 0 unspecified atom stereocenters. The zero-order chi connectivity index (χ0) is 20.9. The van der Waals surface area contributed by atoms with Gasteiger partial charge < -0.3 is 9.88 Å². The highest BCUT2D eigenvalue weighted by Gasteiger charge is 2.12. The van der Waals surface area contributed by atoms with Crippen molar-refractivity contribution in [3.63, 3.8) is 0 Å². The van der Waals surface area contributed by atoms with Crippen LogP contribution in [-0.2, 0) is 11.3 Å². The van der Waals surface area contributed by atoms with Crippen LogP contribution in [0.2, 0.25) is 0 Å². The molecule has 0 spiro atoms. The van der Waals surface area contributed by atoms with Gasteiger partial charge >= 0.3 is 0 Å². The van der Waals surface area contributed by atoms with E-state index >= 15 is 0 Å². The van der Waals surface area contributed by atoms with Gasteiger partial charge in [-0.25, -0.2) is 0 Å². The number of fused-ring (bicyclic) bond motifs is 3. The van der Waals surface area contributed by atoms with Crippen molar-refractivity contribution in [1.29, 1.82) is 0 Å². The molecule has 1 N–H and O–H groups in total. The molecule has 0 saturated heterocycles. The van der Waals surface area contributed by atoms with Crippen LogP contribution in [0.15, 0.2) is 110 Å². The molecule has 1 amide bonds. The Morgan fingerprint density at radius 1 is 0.900 bits per heavy atom. The Labute approximate surface area is 176 Å². The molecule has 3 heteroatoms. The molecular formula is C27H24N2O. The molecule has 0 aliphatic rings. The third-order valence-electron chi connectivity index (χ3n) is 5.20. The summed E-state index contributed by atoms with van der Waals surface area (Å²) in [5.74, 6) is -0.0737. The third kappa shape index (κ3) is 3.96. The second-order valence-corrected chi connectivity index (χ2v) is 7.23. The van der Waals surface area contributed by atoms with Crippen molar-refractivity contribution in [2.75, 3.05) is 5.32 Å². The lowest BCUT2D eigenvalue weighted by Gasteiger charge is -2.09. The number of nitrogens with one attached hydrogen (secondary N) is 1. The largest absolute Gasteiger partial charge is 0.336 e. The maximum absolute atomic E-state index is 12.5. The van der Waals surface area contributed by atoms with Gasteiger partial charge in [-0.05, 0) is 35.4 Å². The molecule has 1 aromatic heterocycles. The van der Waals surface area contributed by atoms with Crippen LogP contribution in [0.25, 0.3) is 21.8 Å². The van der Waals surface area contributed by atoms with Gasteiger partial charge in [0.2, 0.25) is 5.91 Å². The van der Waals surface area contributed by atoms with Gasteiger partial charge in [-0.1, -0.05) is 79.9 Å². The van der Waals surface area contributed by atoms with Gasteiger partial charge in [-0.2, -0.15) is 0 Å². The number of rotatable bonds is 7. The smallest absolute Gasteiger partial charge is 0.228 e. The zero-order valence-electron chi connectivity index (χ0n) is 16.8. The fourth-order valence-electron chi connectivity index (χ4n) is 3.81. The van der Waals surface area contributed by atoms with Crippen LogP contribution in [0.3, 0.4) is 0 Å². The topological polar surface area (TPSA) is 34.0 Å². The van der Waals surface area contributed by atoms with Crippen LogP contribution in [0, 0.1) is 0 Å². The van der Waals surface area contributed by atoms with Crippen LogP contribution in [-0.4, -0.2) is 10.5 Å².